The van der Waals surface area contributed by atoms with Crippen LogP contribution in [0.5, 0.6) is 0 Å². The number of nitrogens with two attached hydrogens (primary N) is 1. The lowest BCUT2D eigenvalue weighted by atomic mass is 10.3. The van der Waals surface area contributed by atoms with Gasteiger partial charge in [0, 0.05) is 24.4 Å². The van der Waals surface area contributed by atoms with Crippen molar-refractivity contribution in [3.05, 3.63) is 16.1 Å². The van der Waals surface area contributed by atoms with Gasteiger partial charge in [0.25, 0.3) is 0 Å². The normalized spacial score (nSPS) is 11.4. The molecule has 6 heteroatoms. The number of carbonyl (C=O) groups excluding carboxylic acids is 1. The van der Waals surface area contributed by atoms with Crippen LogP contribution in [0.1, 0.15) is 24.5 Å². The molecule has 0 radical (unpaired) electrons. The Kier molecular flexibility index (Phi) is 5.88. The summed E-state index contributed by atoms with van der Waals surface area (Å²) in [6.07, 6.45) is 0.826. The highest BCUT2D eigenvalue weighted by Gasteiger charge is 2.12. The highest BCUT2D eigenvalue weighted by atomic mass is 35.5. The number of alkyl halides is 1. The van der Waals surface area contributed by atoms with E-state index in [0.29, 0.717) is 18.5 Å². The van der Waals surface area contributed by atoms with Gasteiger partial charge < -0.3 is 5.73 Å². The molecule has 0 bridgehead atoms. The van der Waals surface area contributed by atoms with Crippen LogP contribution in [0, 0.1) is 0 Å². The van der Waals surface area contributed by atoms with Gasteiger partial charge in [-0.3, -0.25) is 9.69 Å². The zero-order valence-electron chi connectivity index (χ0n) is 10.1. The Balaban J connectivity index is 2.48. The van der Waals surface area contributed by atoms with Gasteiger partial charge in [-0.25, -0.2) is 4.98 Å². The topological polar surface area (TPSA) is 59.2 Å². The maximum Gasteiger partial charge on any atom is 0.231 e. The summed E-state index contributed by atoms with van der Waals surface area (Å²) in [6, 6.07) is 0.301. The Morgan fingerprint density at radius 3 is 2.82 bits per heavy atom. The molecule has 0 aliphatic heterocycles. The number of hydrogen-bond acceptors (Lipinski definition) is 4. The van der Waals surface area contributed by atoms with Crippen molar-refractivity contribution >= 4 is 28.8 Å². The van der Waals surface area contributed by atoms with E-state index in [-0.39, 0.29) is 5.91 Å². The average molecular weight is 276 g/mol. The number of primary amides is 1. The number of nitrogens with zero attached hydrogens (tertiary/aromatic N) is 2. The molecular weight excluding hydrogens is 258 g/mol. The van der Waals surface area contributed by atoms with Crippen molar-refractivity contribution in [2.45, 2.75) is 32.2 Å². The largest absolute Gasteiger partial charge is 0.369 e. The summed E-state index contributed by atoms with van der Waals surface area (Å²) in [7, 11) is 0. The van der Waals surface area contributed by atoms with Crippen molar-refractivity contribution in [3.8, 4) is 0 Å². The summed E-state index contributed by atoms with van der Waals surface area (Å²) >= 11 is 7.30. The number of aromatic nitrogens is 1. The van der Waals surface area contributed by atoms with Crippen LogP contribution >= 0.6 is 22.9 Å². The van der Waals surface area contributed by atoms with E-state index < -0.39 is 0 Å². The van der Waals surface area contributed by atoms with Crippen LogP contribution in [0.4, 0.5) is 0 Å². The third-order valence-corrected chi connectivity index (χ3v) is 3.67. The first kappa shape index (κ1) is 14.4. The molecule has 0 spiro atoms. The summed E-state index contributed by atoms with van der Waals surface area (Å²) in [5.74, 6) is 0.158. The second-order valence-corrected chi connectivity index (χ2v) is 5.36. The zero-order valence-corrected chi connectivity index (χ0v) is 11.7. The number of carbonyl (C=O) groups is 1. The van der Waals surface area contributed by atoms with Gasteiger partial charge in [-0.05, 0) is 13.8 Å². The average Bonchev–Trinajstić information content (AvgIpc) is 2.71. The van der Waals surface area contributed by atoms with Crippen molar-refractivity contribution < 1.29 is 4.79 Å². The molecule has 2 N–H and O–H groups in total. The van der Waals surface area contributed by atoms with E-state index in [1.165, 1.54) is 0 Å². The minimum atomic E-state index is -0.292. The fraction of sp³-hybridized carbons (Fsp3) is 0.636. The van der Waals surface area contributed by atoms with Crippen molar-refractivity contribution in [1.82, 2.24) is 9.88 Å². The van der Waals surface area contributed by atoms with Crippen molar-refractivity contribution in [2.75, 3.05) is 13.1 Å². The molecule has 4 nitrogen and oxygen atoms in total. The number of thiazole rings is 1. The molecule has 0 atom stereocenters. The summed E-state index contributed by atoms with van der Waals surface area (Å²) < 4.78 is 0. The molecule has 1 aromatic rings. The van der Waals surface area contributed by atoms with Crippen molar-refractivity contribution in [3.63, 3.8) is 0 Å². The first-order valence-corrected chi connectivity index (χ1v) is 6.96. The second kappa shape index (κ2) is 6.93. The van der Waals surface area contributed by atoms with Crippen LogP contribution in [0.25, 0.3) is 0 Å². The van der Waals surface area contributed by atoms with E-state index in [1.807, 2.05) is 10.3 Å². The monoisotopic (exact) mass is 275 g/mol. The Morgan fingerprint density at radius 1 is 1.65 bits per heavy atom. The van der Waals surface area contributed by atoms with E-state index in [9.17, 15) is 4.79 Å². The molecule has 0 aliphatic carbocycles. The van der Waals surface area contributed by atoms with Crippen LogP contribution in [0.2, 0.25) is 0 Å². The van der Waals surface area contributed by atoms with E-state index >= 15 is 0 Å². The Bertz CT molecular complexity index is 367. The Labute approximate surface area is 111 Å². The summed E-state index contributed by atoms with van der Waals surface area (Å²) in [6.45, 7) is 5.19. The Morgan fingerprint density at radius 2 is 2.35 bits per heavy atom. The third-order valence-electron chi connectivity index (χ3n) is 2.44. The summed E-state index contributed by atoms with van der Waals surface area (Å²) in [5.41, 5.74) is 6.13. The van der Waals surface area contributed by atoms with Crippen LogP contribution in [0.15, 0.2) is 5.38 Å². The maximum absolute atomic E-state index is 10.9. The quantitative estimate of drug-likeness (QED) is 0.770. The third kappa shape index (κ3) is 5.02. The zero-order chi connectivity index (χ0) is 12.8. The number of amides is 1. The molecule has 0 fully saturated rings. The minimum Gasteiger partial charge on any atom is -0.369 e. The minimum absolute atomic E-state index is 0.292. The van der Waals surface area contributed by atoms with Gasteiger partial charge in [0.05, 0.1) is 23.1 Å². The molecule has 1 rings (SSSR count). The second-order valence-electron chi connectivity index (χ2n) is 4.15. The van der Waals surface area contributed by atoms with Gasteiger partial charge in [-0.1, -0.05) is 0 Å². The lowest BCUT2D eigenvalue weighted by molar-refractivity contribution is -0.119. The highest BCUT2D eigenvalue weighted by molar-refractivity contribution is 7.09. The van der Waals surface area contributed by atoms with Crippen molar-refractivity contribution in [2.24, 2.45) is 5.73 Å². The van der Waals surface area contributed by atoms with Crippen LogP contribution in [0.3, 0.4) is 0 Å². The first-order valence-electron chi connectivity index (χ1n) is 5.54. The van der Waals surface area contributed by atoms with E-state index in [1.54, 1.807) is 11.3 Å². The highest BCUT2D eigenvalue weighted by Crippen LogP contribution is 2.13. The smallest absolute Gasteiger partial charge is 0.231 e. The van der Waals surface area contributed by atoms with Gasteiger partial charge >= 0.3 is 0 Å². The lowest BCUT2D eigenvalue weighted by Gasteiger charge is -2.24. The molecule has 0 aliphatic rings. The van der Waals surface area contributed by atoms with Gasteiger partial charge in [0.2, 0.25) is 5.91 Å². The molecule has 0 unspecified atom stereocenters. The summed E-state index contributed by atoms with van der Waals surface area (Å²) in [4.78, 5) is 17.4. The fourth-order valence-electron chi connectivity index (χ4n) is 1.48. The fourth-order valence-corrected chi connectivity index (χ4v) is 2.50. The maximum atomic E-state index is 10.9. The molecule has 17 heavy (non-hydrogen) atoms. The molecular formula is C11H18ClN3OS. The molecule has 0 aromatic carbocycles. The number of rotatable bonds is 7. The van der Waals surface area contributed by atoms with Crippen LogP contribution < -0.4 is 5.73 Å². The van der Waals surface area contributed by atoms with Gasteiger partial charge in [-0.2, -0.15) is 0 Å². The molecule has 0 saturated heterocycles. The predicted molar refractivity (Wildman–Crippen MR) is 71.3 cm³/mol. The lowest BCUT2D eigenvalue weighted by Crippen LogP contribution is -2.39. The molecule has 96 valence electrons. The predicted octanol–water partition coefficient (Wildman–Crippen LogP) is 1.62. The van der Waals surface area contributed by atoms with Crippen LogP contribution in [-0.2, 0) is 17.1 Å². The molecule has 1 amide bonds. The van der Waals surface area contributed by atoms with Gasteiger partial charge in [0.1, 0.15) is 0 Å². The Hall–Kier alpha value is -0.650. The van der Waals surface area contributed by atoms with Crippen LogP contribution in [-0.4, -0.2) is 34.9 Å². The van der Waals surface area contributed by atoms with E-state index in [4.69, 9.17) is 17.3 Å². The standard InChI is InChI=1S/C11H18ClN3OS/c1-8(2)15(6-10(13)16)4-3-11-14-9(5-12)7-17-11/h7-8H,3-6H2,1-2H3,(H2,13,16). The number of hydrogen-bond donors (Lipinski definition) is 1. The van der Waals surface area contributed by atoms with E-state index in [0.717, 1.165) is 23.7 Å². The van der Waals surface area contributed by atoms with E-state index in [2.05, 4.69) is 18.8 Å². The molecule has 1 aromatic heterocycles. The van der Waals surface area contributed by atoms with Crippen molar-refractivity contribution in [1.29, 1.82) is 0 Å². The first-order chi connectivity index (χ1) is 8.02. The SMILES string of the molecule is CC(C)N(CCc1nc(CCl)cs1)CC(N)=O. The van der Waals surface area contributed by atoms with Gasteiger partial charge in [0.15, 0.2) is 0 Å². The number of halogens is 1. The molecule has 1 heterocycles. The summed E-state index contributed by atoms with van der Waals surface area (Å²) in [5, 5.41) is 3.02. The molecule has 0 saturated carbocycles. The van der Waals surface area contributed by atoms with Gasteiger partial charge in [-0.15, -0.1) is 22.9 Å².